The minimum atomic E-state index is -3.65. The lowest BCUT2D eigenvalue weighted by atomic mass is 10.0. The van der Waals surface area contributed by atoms with Crippen LogP contribution in [0.2, 0.25) is 0 Å². The standard InChI is InChI=1S/C38H67FN3O9P.CH4/c1-6-49-52(48,50-7-2)32(39)24-20-17-15-13-11-9-8-10-12-14-16-18-21-26-34(44)41-31(37(47)51-38(3,4)5)30-40-33(43)25-22-19-23-29-42-35(45)27-28-36(42)46;/h27-28,31-32H,6-26,29-30H2,1-5H3,(H,40,43)(H,41,44);1H4. The lowest BCUT2D eigenvalue weighted by molar-refractivity contribution is -0.158. The highest BCUT2D eigenvalue weighted by atomic mass is 31.2. The zero-order chi connectivity index (χ0) is 38.8. The van der Waals surface area contributed by atoms with E-state index in [-0.39, 0.29) is 70.1 Å². The average molecular weight is 776 g/mol. The molecule has 0 aromatic rings. The van der Waals surface area contributed by atoms with Crippen LogP contribution in [0, 0.1) is 0 Å². The minimum absolute atomic E-state index is 0. The van der Waals surface area contributed by atoms with E-state index in [1.165, 1.54) is 36.3 Å². The molecule has 12 nitrogen and oxygen atoms in total. The summed E-state index contributed by atoms with van der Waals surface area (Å²) in [6.07, 6.45) is 18.4. The van der Waals surface area contributed by atoms with Gasteiger partial charge in [0.1, 0.15) is 11.6 Å². The highest BCUT2D eigenvalue weighted by molar-refractivity contribution is 7.54. The molecule has 1 rings (SSSR count). The molecular weight excluding hydrogens is 704 g/mol. The molecule has 0 fully saturated rings. The Morgan fingerprint density at radius 2 is 1.17 bits per heavy atom. The Labute approximate surface area is 319 Å². The molecule has 1 aliphatic rings. The van der Waals surface area contributed by atoms with E-state index < -0.39 is 31.1 Å². The molecular formula is C39H71FN3O9P. The number of rotatable bonds is 31. The number of hydrogen-bond acceptors (Lipinski definition) is 9. The molecule has 0 bridgehead atoms. The van der Waals surface area contributed by atoms with Crippen LogP contribution >= 0.6 is 7.60 Å². The van der Waals surface area contributed by atoms with Crippen LogP contribution < -0.4 is 10.6 Å². The first-order valence-electron chi connectivity index (χ1n) is 19.6. The maximum Gasteiger partial charge on any atom is 0.364 e. The number of esters is 1. The fourth-order valence-electron chi connectivity index (χ4n) is 5.78. The summed E-state index contributed by atoms with van der Waals surface area (Å²) >= 11 is 0. The van der Waals surface area contributed by atoms with E-state index in [2.05, 4.69) is 10.6 Å². The summed E-state index contributed by atoms with van der Waals surface area (Å²) in [5.41, 5.74) is -0.747. The third-order valence-electron chi connectivity index (χ3n) is 8.52. The summed E-state index contributed by atoms with van der Waals surface area (Å²) in [6.45, 7) is 9.17. The summed E-state index contributed by atoms with van der Waals surface area (Å²) in [5, 5.41) is 5.46. The van der Waals surface area contributed by atoms with Crippen molar-refractivity contribution in [3.05, 3.63) is 12.2 Å². The SMILES string of the molecule is C.CCOP(=O)(OCC)C(F)CCCCCCCCCCCCCCCC(=O)NC(CNC(=O)CCCCCN1C(=O)C=CC1=O)C(=O)OC(C)(C)C. The van der Waals surface area contributed by atoms with Gasteiger partial charge in [-0.3, -0.25) is 28.6 Å². The van der Waals surface area contributed by atoms with Crippen molar-refractivity contribution in [2.24, 2.45) is 0 Å². The lowest BCUT2D eigenvalue weighted by Gasteiger charge is -2.25. The van der Waals surface area contributed by atoms with Crippen LogP contribution in [0.15, 0.2) is 12.2 Å². The number of carbonyl (C=O) groups is 5. The van der Waals surface area contributed by atoms with Gasteiger partial charge in [-0.15, -0.1) is 0 Å². The Kier molecular flexibility index (Phi) is 27.3. The van der Waals surface area contributed by atoms with Crippen LogP contribution in [0.1, 0.15) is 164 Å². The summed E-state index contributed by atoms with van der Waals surface area (Å²) in [4.78, 5) is 62.3. The van der Waals surface area contributed by atoms with Gasteiger partial charge in [0.25, 0.3) is 11.8 Å². The molecule has 1 heterocycles. The van der Waals surface area contributed by atoms with Crippen LogP contribution in [0.5, 0.6) is 0 Å². The van der Waals surface area contributed by atoms with Crippen molar-refractivity contribution in [1.82, 2.24) is 15.5 Å². The summed E-state index contributed by atoms with van der Waals surface area (Å²) in [6, 6.07) is -0.996. The largest absolute Gasteiger partial charge is 0.458 e. The molecule has 1 aliphatic heterocycles. The first-order valence-corrected chi connectivity index (χ1v) is 21.2. The Bertz CT molecular complexity index is 1130. The second-order valence-corrected chi connectivity index (χ2v) is 16.5. The van der Waals surface area contributed by atoms with Crippen molar-refractivity contribution in [2.45, 2.75) is 182 Å². The number of nitrogens with zero attached hydrogens (tertiary/aromatic N) is 1. The first kappa shape index (κ1) is 50.4. The van der Waals surface area contributed by atoms with Gasteiger partial charge in [-0.1, -0.05) is 84.5 Å². The van der Waals surface area contributed by atoms with Crippen molar-refractivity contribution in [1.29, 1.82) is 0 Å². The van der Waals surface area contributed by atoms with Crippen molar-refractivity contribution in [3.8, 4) is 0 Å². The average Bonchev–Trinajstić information content (AvgIpc) is 3.39. The molecule has 4 amide bonds. The molecule has 0 aromatic carbocycles. The number of alkyl halides is 1. The molecule has 2 atom stereocenters. The normalized spacial score (nSPS) is 14.2. The molecule has 0 radical (unpaired) electrons. The second-order valence-electron chi connectivity index (χ2n) is 14.4. The predicted molar refractivity (Wildman–Crippen MR) is 207 cm³/mol. The molecule has 308 valence electrons. The topological polar surface area (TPSA) is 157 Å². The van der Waals surface area contributed by atoms with Gasteiger partial charge in [-0.05, 0) is 66.7 Å². The third kappa shape index (κ3) is 23.7. The zero-order valence-electron chi connectivity index (χ0n) is 32.5. The van der Waals surface area contributed by atoms with E-state index in [1.54, 1.807) is 34.6 Å². The molecule has 53 heavy (non-hydrogen) atoms. The van der Waals surface area contributed by atoms with Gasteiger partial charge in [0, 0.05) is 38.1 Å². The maximum atomic E-state index is 14.4. The molecule has 0 aliphatic carbocycles. The highest BCUT2D eigenvalue weighted by Gasteiger charge is 2.35. The molecule has 14 heteroatoms. The summed E-state index contributed by atoms with van der Waals surface area (Å²) in [7, 11) is -3.65. The Balaban J connectivity index is 0.0000270. The number of hydrogen-bond donors (Lipinski definition) is 2. The molecule has 2 N–H and O–H groups in total. The highest BCUT2D eigenvalue weighted by Crippen LogP contribution is 2.55. The molecule has 0 saturated heterocycles. The van der Waals surface area contributed by atoms with Crippen LogP contribution in [0.25, 0.3) is 0 Å². The first-order chi connectivity index (χ1) is 24.7. The number of carbonyl (C=O) groups excluding carboxylic acids is 5. The van der Waals surface area contributed by atoms with E-state index >= 15 is 0 Å². The minimum Gasteiger partial charge on any atom is -0.458 e. The number of ether oxygens (including phenoxy) is 1. The van der Waals surface area contributed by atoms with Crippen LogP contribution in [0.4, 0.5) is 4.39 Å². The van der Waals surface area contributed by atoms with E-state index in [9.17, 15) is 32.9 Å². The predicted octanol–water partition coefficient (Wildman–Crippen LogP) is 8.46. The Morgan fingerprint density at radius 3 is 1.64 bits per heavy atom. The number of halogens is 1. The van der Waals surface area contributed by atoms with Gasteiger partial charge in [0.05, 0.1) is 13.2 Å². The van der Waals surface area contributed by atoms with Gasteiger partial charge in [0.2, 0.25) is 17.7 Å². The zero-order valence-corrected chi connectivity index (χ0v) is 33.4. The maximum absolute atomic E-state index is 14.4. The van der Waals surface area contributed by atoms with Crippen molar-refractivity contribution >= 4 is 37.2 Å². The third-order valence-corrected chi connectivity index (χ3v) is 10.7. The van der Waals surface area contributed by atoms with Crippen LogP contribution in [-0.2, 0) is 42.3 Å². The smallest absolute Gasteiger partial charge is 0.364 e. The van der Waals surface area contributed by atoms with Gasteiger partial charge in [-0.25, -0.2) is 9.18 Å². The van der Waals surface area contributed by atoms with Gasteiger partial charge >= 0.3 is 13.6 Å². The summed E-state index contributed by atoms with van der Waals surface area (Å²) in [5.74, 6) is -3.31. The van der Waals surface area contributed by atoms with Crippen molar-refractivity contribution in [2.75, 3.05) is 26.3 Å². The quantitative estimate of drug-likeness (QED) is 0.0305. The summed E-state index contributed by atoms with van der Waals surface area (Å²) < 4.78 is 42.5. The molecule has 0 aromatic heterocycles. The van der Waals surface area contributed by atoms with E-state index in [0.717, 1.165) is 51.4 Å². The van der Waals surface area contributed by atoms with Gasteiger partial charge in [-0.2, -0.15) is 0 Å². The monoisotopic (exact) mass is 775 g/mol. The number of amides is 4. The fraction of sp³-hybridized carbons (Fsp3) is 0.821. The van der Waals surface area contributed by atoms with Crippen LogP contribution in [-0.4, -0.2) is 78.4 Å². The second kappa shape index (κ2) is 28.8. The Morgan fingerprint density at radius 1 is 0.736 bits per heavy atom. The molecule has 0 spiro atoms. The van der Waals surface area contributed by atoms with Gasteiger partial charge in [0.15, 0.2) is 0 Å². The van der Waals surface area contributed by atoms with Crippen LogP contribution in [0.3, 0.4) is 0 Å². The molecule has 0 saturated carbocycles. The van der Waals surface area contributed by atoms with E-state index in [0.29, 0.717) is 38.6 Å². The van der Waals surface area contributed by atoms with Gasteiger partial charge < -0.3 is 24.4 Å². The number of imide groups is 1. The molecule has 2 unspecified atom stereocenters. The lowest BCUT2D eigenvalue weighted by Crippen LogP contribution is -2.50. The van der Waals surface area contributed by atoms with Crippen molar-refractivity contribution in [3.63, 3.8) is 0 Å². The van der Waals surface area contributed by atoms with E-state index in [1.807, 2.05) is 0 Å². The fourth-order valence-corrected chi connectivity index (χ4v) is 7.40. The number of unbranched alkanes of at least 4 members (excludes halogenated alkanes) is 14. The van der Waals surface area contributed by atoms with Crippen molar-refractivity contribution < 1.29 is 46.7 Å². The Hall–Kier alpha value is -2.63. The number of nitrogens with one attached hydrogen (secondary N) is 2. The van der Waals surface area contributed by atoms with E-state index in [4.69, 9.17) is 13.8 Å².